The third-order valence-corrected chi connectivity index (χ3v) is 2.39. The van der Waals surface area contributed by atoms with E-state index in [1.54, 1.807) is 24.3 Å². The van der Waals surface area contributed by atoms with Crippen molar-refractivity contribution in [2.24, 2.45) is 7.05 Å². The third-order valence-electron chi connectivity index (χ3n) is 2.39. The number of aryl methyl sites for hydroxylation is 1. The highest BCUT2D eigenvalue weighted by molar-refractivity contribution is 5.55. The van der Waals surface area contributed by atoms with E-state index in [0.717, 1.165) is 10.2 Å². The summed E-state index contributed by atoms with van der Waals surface area (Å²) in [7, 11) is 1.43. The van der Waals surface area contributed by atoms with E-state index in [2.05, 4.69) is 10.1 Å². The normalized spacial score (nSPS) is 11.1. The Labute approximate surface area is 96.5 Å². The van der Waals surface area contributed by atoms with Crippen LogP contribution in [0.2, 0.25) is 0 Å². The average molecular weight is 239 g/mol. The molecule has 0 saturated heterocycles. The van der Waals surface area contributed by atoms with E-state index in [1.807, 2.05) is 0 Å². The SMILES string of the molecule is Cn1nc(-c2ccc(CO)cc2)nc1C(F)F. The first-order valence-electron chi connectivity index (χ1n) is 5.01. The van der Waals surface area contributed by atoms with Crippen LogP contribution in [0.1, 0.15) is 17.8 Å². The van der Waals surface area contributed by atoms with Crippen LogP contribution in [0.3, 0.4) is 0 Å². The van der Waals surface area contributed by atoms with Gasteiger partial charge < -0.3 is 5.11 Å². The summed E-state index contributed by atoms with van der Waals surface area (Å²) in [4.78, 5) is 3.77. The van der Waals surface area contributed by atoms with E-state index in [1.165, 1.54) is 7.05 Å². The van der Waals surface area contributed by atoms with Crippen molar-refractivity contribution in [2.75, 3.05) is 0 Å². The van der Waals surface area contributed by atoms with Gasteiger partial charge in [0.15, 0.2) is 11.6 Å². The van der Waals surface area contributed by atoms with Gasteiger partial charge >= 0.3 is 0 Å². The molecule has 0 aliphatic heterocycles. The maximum atomic E-state index is 12.5. The second-order valence-corrected chi connectivity index (χ2v) is 3.57. The topological polar surface area (TPSA) is 50.9 Å². The quantitative estimate of drug-likeness (QED) is 0.890. The lowest BCUT2D eigenvalue weighted by molar-refractivity contribution is 0.135. The fourth-order valence-electron chi connectivity index (χ4n) is 1.47. The summed E-state index contributed by atoms with van der Waals surface area (Å²) in [5, 5.41) is 12.8. The van der Waals surface area contributed by atoms with Crippen LogP contribution in [-0.4, -0.2) is 19.9 Å². The predicted molar refractivity (Wildman–Crippen MR) is 57.3 cm³/mol. The number of rotatable bonds is 3. The average Bonchev–Trinajstić information content (AvgIpc) is 2.71. The van der Waals surface area contributed by atoms with Crippen LogP contribution >= 0.6 is 0 Å². The Morgan fingerprint density at radius 3 is 2.41 bits per heavy atom. The Balaban J connectivity index is 2.36. The van der Waals surface area contributed by atoms with E-state index in [4.69, 9.17) is 5.11 Å². The van der Waals surface area contributed by atoms with Gasteiger partial charge in [-0.2, -0.15) is 5.10 Å². The lowest BCUT2D eigenvalue weighted by Crippen LogP contribution is -1.98. The Hall–Kier alpha value is -1.82. The second kappa shape index (κ2) is 4.58. The molecule has 0 unspecified atom stereocenters. The molecule has 0 atom stereocenters. The fraction of sp³-hybridized carbons (Fsp3) is 0.273. The van der Waals surface area contributed by atoms with Crippen molar-refractivity contribution in [1.82, 2.24) is 14.8 Å². The zero-order valence-electron chi connectivity index (χ0n) is 9.14. The van der Waals surface area contributed by atoms with Gasteiger partial charge in [-0.05, 0) is 5.56 Å². The number of aliphatic hydroxyl groups excluding tert-OH is 1. The number of aliphatic hydroxyl groups is 1. The molecule has 1 heterocycles. The summed E-state index contributed by atoms with van der Waals surface area (Å²) >= 11 is 0. The minimum Gasteiger partial charge on any atom is -0.392 e. The molecule has 0 radical (unpaired) electrons. The number of nitrogens with zero attached hydrogens (tertiary/aromatic N) is 3. The molecule has 0 saturated carbocycles. The van der Waals surface area contributed by atoms with E-state index in [9.17, 15) is 8.78 Å². The number of benzene rings is 1. The Kier molecular flexibility index (Phi) is 3.14. The summed E-state index contributed by atoms with van der Waals surface area (Å²) in [5.41, 5.74) is 1.39. The lowest BCUT2D eigenvalue weighted by atomic mass is 10.1. The predicted octanol–water partition coefficient (Wildman–Crippen LogP) is 1.91. The number of halogens is 2. The number of aromatic nitrogens is 3. The van der Waals surface area contributed by atoms with Crippen molar-refractivity contribution in [3.05, 3.63) is 35.7 Å². The molecular weight excluding hydrogens is 228 g/mol. The van der Waals surface area contributed by atoms with E-state index >= 15 is 0 Å². The summed E-state index contributed by atoms with van der Waals surface area (Å²) in [5.74, 6) is -0.0986. The van der Waals surface area contributed by atoms with Gasteiger partial charge in [-0.25, -0.2) is 18.4 Å². The highest BCUT2D eigenvalue weighted by Crippen LogP contribution is 2.21. The molecule has 4 nitrogen and oxygen atoms in total. The first-order valence-corrected chi connectivity index (χ1v) is 5.01. The van der Waals surface area contributed by atoms with Gasteiger partial charge in [-0.3, -0.25) is 0 Å². The van der Waals surface area contributed by atoms with Crippen molar-refractivity contribution in [2.45, 2.75) is 13.0 Å². The fourth-order valence-corrected chi connectivity index (χ4v) is 1.47. The number of hydrogen-bond donors (Lipinski definition) is 1. The molecule has 2 rings (SSSR count). The molecule has 1 aromatic heterocycles. The van der Waals surface area contributed by atoms with Gasteiger partial charge in [0.25, 0.3) is 6.43 Å². The van der Waals surface area contributed by atoms with E-state index in [0.29, 0.717) is 5.56 Å². The van der Waals surface area contributed by atoms with E-state index < -0.39 is 6.43 Å². The highest BCUT2D eigenvalue weighted by atomic mass is 19.3. The highest BCUT2D eigenvalue weighted by Gasteiger charge is 2.17. The van der Waals surface area contributed by atoms with Gasteiger partial charge in [0.05, 0.1) is 6.61 Å². The van der Waals surface area contributed by atoms with Crippen molar-refractivity contribution in [3.63, 3.8) is 0 Å². The molecule has 2 aromatic rings. The Morgan fingerprint density at radius 2 is 1.94 bits per heavy atom. The largest absolute Gasteiger partial charge is 0.392 e. The van der Waals surface area contributed by atoms with Crippen LogP contribution in [0.15, 0.2) is 24.3 Å². The van der Waals surface area contributed by atoms with Crippen molar-refractivity contribution in [1.29, 1.82) is 0 Å². The zero-order chi connectivity index (χ0) is 12.4. The second-order valence-electron chi connectivity index (χ2n) is 3.57. The molecular formula is C11H11F2N3O. The van der Waals surface area contributed by atoms with Crippen LogP contribution in [0.25, 0.3) is 11.4 Å². The Bertz CT molecular complexity index is 508. The molecule has 0 amide bonds. The standard InChI is InChI=1S/C11H11F2N3O/c1-16-11(9(12)13)14-10(15-16)8-4-2-7(6-17)3-5-8/h2-5,9,17H,6H2,1H3. The van der Waals surface area contributed by atoms with Crippen LogP contribution in [0.4, 0.5) is 8.78 Å². The minimum atomic E-state index is -2.64. The first kappa shape index (κ1) is 11.7. The lowest BCUT2D eigenvalue weighted by Gasteiger charge is -1.97. The van der Waals surface area contributed by atoms with Crippen molar-refractivity contribution >= 4 is 0 Å². The van der Waals surface area contributed by atoms with Gasteiger partial charge in [0.2, 0.25) is 0 Å². The van der Waals surface area contributed by atoms with Crippen LogP contribution in [-0.2, 0) is 13.7 Å². The van der Waals surface area contributed by atoms with Crippen LogP contribution < -0.4 is 0 Å². The van der Waals surface area contributed by atoms with Gasteiger partial charge in [-0.1, -0.05) is 24.3 Å². The smallest absolute Gasteiger partial charge is 0.297 e. The van der Waals surface area contributed by atoms with E-state index in [-0.39, 0.29) is 18.3 Å². The zero-order valence-corrected chi connectivity index (χ0v) is 9.14. The van der Waals surface area contributed by atoms with Crippen molar-refractivity contribution in [3.8, 4) is 11.4 Å². The van der Waals surface area contributed by atoms with Gasteiger partial charge in [0.1, 0.15) is 0 Å². The van der Waals surface area contributed by atoms with Crippen LogP contribution in [0, 0.1) is 0 Å². The summed E-state index contributed by atoms with van der Waals surface area (Å²) < 4.78 is 26.1. The summed E-state index contributed by atoms with van der Waals surface area (Å²) in [6.45, 7) is -0.0573. The third kappa shape index (κ3) is 2.31. The molecule has 90 valence electrons. The number of hydrogen-bond acceptors (Lipinski definition) is 3. The molecule has 0 fully saturated rings. The molecule has 0 bridgehead atoms. The summed E-state index contributed by atoms with van der Waals surface area (Å²) in [6.07, 6.45) is -2.64. The molecule has 0 aliphatic rings. The van der Waals surface area contributed by atoms with Gasteiger partial charge in [-0.15, -0.1) is 0 Å². The molecule has 0 spiro atoms. The first-order chi connectivity index (χ1) is 8.11. The molecule has 6 heteroatoms. The number of alkyl halides is 2. The summed E-state index contributed by atoms with van der Waals surface area (Å²) in [6, 6.07) is 6.79. The maximum absolute atomic E-state index is 12.5. The Morgan fingerprint density at radius 1 is 1.29 bits per heavy atom. The molecule has 1 aromatic carbocycles. The molecule has 17 heavy (non-hydrogen) atoms. The van der Waals surface area contributed by atoms with Gasteiger partial charge in [0, 0.05) is 12.6 Å². The monoisotopic (exact) mass is 239 g/mol. The van der Waals surface area contributed by atoms with Crippen LogP contribution in [0.5, 0.6) is 0 Å². The minimum absolute atomic E-state index is 0.0573. The van der Waals surface area contributed by atoms with Crippen molar-refractivity contribution < 1.29 is 13.9 Å². The maximum Gasteiger partial charge on any atom is 0.297 e. The molecule has 1 N–H and O–H groups in total. The molecule has 0 aliphatic carbocycles.